The van der Waals surface area contributed by atoms with Gasteiger partial charge in [0.2, 0.25) is 0 Å². The van der Waals surface area contributed by atoms with Crippen LogP contribution in [0.2, 0.25) is 0 Å². The minimum Gasteiger partial charge on any atom is -0.318 e. The molecule has 0 aliphatic carbocycles. The zero-order valence-electron chi connectivity index (χ0n) is 16.0. The van der Waals surface area contributed by atoms with Gasteiger partial charge in [-0.1, -0.05) is 58.4 Å². The molecule has 150 valence electrons. The Labute approximate surface area is 187 Å². The molecule has 7 heteroatoms. The van der Waals surface area contributed by atoms with E-state index in [1.165, 1.54) is 4.90 Å². The Hall–Kier alpha value is -2.90. The van der Waals surface area contributed by atoms with Gasteiger partial charge in [0.15, 0.2) is 0 Å². The Morgan fingerprint density at radius 3 is 2.70 bits per heavy atom. The second-order valence-corrected chi connectivity index (χ2v) is 8.52. The van der Waals surface area contributed by atoms with Crippen molar-refractivity contribution in [2.24, 2.45) is 5.10 Å². The molecule has 0 radical (unpaired) electrons. The van der Waals surface area contributed by atoms with Crippen LogP contribution >= 0.6 is 27.7 Å². The van der Waals surface area contributed by atoms with E-state index in [1.807, 2.05) is 71.3 Å². The first-order valence-electron chi connectivity index (χ1n) is 9.38. The molecular weight excluding hydrogens is 460 g/mol. The van der Waals surface area contributed by atoms with Crippen molar-refractivity contribution < 1.29 is 4.79 Å². The Balaban J connectivity index is 1.48. The number of halogens is 1. The highest BCUT2D eigenvalue weighted by atomic mass is 79.9. The number of imidazole rings is 1. The van der Waals surface area contributed by atoms with Gasteiger partial charge >= 0.3 is 0 Å². The maximum atomic E-state index is 12.5. The van der Waals surface area contributed by atoms with Crippen LogP contribution in [0, 0.1) is 0 Å². The molecule has 3 aromatic carbocycles. The highest BCUT2D eigenvalue weighted by Crippen LogP contribution is 2.24. The number of carbonyl (C=O) groups excluding carboxylic acids is 1. The van der Waals surface area contributed by atoms with Crippen LogP contribution in [0.3, 0.4) is 0 Å². The number of hydrogen-bond donors (Lipinski definition) is 1. The monoisotopic (exact) mass is 478 g/mol. The van der Waals surface area contributed by atoms with Crippen LogP contribution < -0.4 is 5.43 Å². The SMILES string of the molecule is O=C(Cn1c(CSc2ccccc2)nc2ccccc21)NN=Cc1cccc(Br)c1. The minimum absolute atomic E-state index is 0.154. The number of hydrazone groups is 1. The number of thioether (sulfide) groups is 1. The van der Waals surface area contributed by atoms with Gasteiger partial charge in [-0.25, -0.2) is 10.4 Å². The van der Waals surface area contributed by atoms with E-state index in [2.05, 4.69) is 38.6 Å². The average Bonchev–Trinajstić information content (AvgIpc) is 3.10. The molecule has 1 heterocycles. The molecule has 0 atom stereocenters. The lowest BCUT2D eigenvalue weighted by Crippen LogP contribution is -2.24. The zero-order valence-corrected chi connectivity index (χ0v) is 18.4. The van der Waals surface area contributed by atoms with E-state index in [0.717, 1.165) is 26.9 Å². The van der Waals surface area contributed by atoms with E-state index in [-0.39, 0.29) is 12.5 Å². The standard InChI is InChI=1S/C23H19BrN4OS/c24-18-8-6-7-17(13-18)14-25-27-23(29)15-28-21-12-5-4-11-20(21)26-22(28)16-30-19-9-2-1-3-10-19/h1-14H,15-16H2,(H,27,29). The molecule has 0 aliphatic heterocycles. The van der Waals surface area contributed by atoms with E-state index >= 15 is 0 Å². The number of rotatable bonds is 7. The van der Waals surface area contributed by atoms with Crippen LogP contribution in [0.25, 0.3) is 11.0 Å². The summed E-state index contributed by atoms with van der Waals surface area (Å²) in [5, 5.41) is 4.08. The minimum atomic E-state index is -0.199. The molecule has 0 spiro atoms. The van der Waals surface area contributed by atoms with Crippen LogP contribution in [0.1, 0.15) is 11.4 Å². The third-order valence-corrected chi connectivity index (χ3v) is 5.90. The van der Waals surface area contributed by atoms with Crippen LogP contribution in [0.15, 0.2) is 93.3 Å². The van der Waals surface area contributed by atoms with Gasteiger partial charge in [-0.05, 0) is 42.0 Å². The fraction of sp³-hybridized carbons (Fsp3) is 0.0870. The molecule has 0 saturated carbocycles. The van der Waals surface area contributed by atoms with Gasteiger partial charge in [0.05, 0.1) is 23.0 Å². The maximum absolute atomic E-state index is 12.5. The summed E-state index contributed by atoms with van der Waals surface area (Å²) >= 11 is 5.12. The molecule has 1 amide bonds. The van der Waals surface area contributed by atoms with Gasteiger partial charge in [-0.15, -0.1) is 11.8 Å². The number of fused-ring (bicyclic) bond motifs is 1. The summed E-state index contributed by atoms with van der Waals surface area (Å²) in [4.78, 5) is 18.5. The predicted octanol–water partition coefficient (Wildman–Crippen LogP) is 5.24. The molecule has 30 heavy (non-hydrogen) atoms. The normalized spacial score (nSPS) is 11.2. The third-order valence-electron chi connectivity index (χ3n) is 4.40. The smallest absolute Gasteiger partial charge is 0.260 e. The van der Waals surface area contributed by atoms with Crippen LogP contribution in [-0.2, 0) is 17.1 Å². The number of nitrogens with zero attached hydrogens (tertiary/aromatic N) is 3. The van der Waals surface area contributed by atoms with Crippen molar-refractivity contribution in [1.82, 2.24) is 15.0 Å². The van der Waals surface area contributed by atoms with Gasteiger partial charge in [-0.2, -0.15) is 5.10 Å². The molecule has 1 N–H and O–H groups in total. The second kappa shape index (κ2) is 9.73. The Morgan fingerprint density at radius 2 is 1.87 bits per heavy atom. The molecule has 0 bridgehead atoms. The Bertz CT molecular complexity index is 1190. The number of aromatic nitrogens is 2. The van der Waals surface area contributed by atoms with Gasteiger partial charge < -0.3 is 4.57 Å². The van der Waals surface area contributed by atoms with Gasteiger partial charge in [-0.3, -0.25) is 4.79 Å². The van der Waals surface area contributed by atoms with Crippen molar-refractivity contribution in [2.75, 3.05) is 0 Å². The fourth-order valence-electron chi connectivity index (χ4n) is 3.02. The third kappa shape index (κ3) is 5.17. The largest absolute Gasteiger partial charge is 0.318 e. The van der Waals surface area contributed by atoms with Crippen molar-refractivity contribution in [3.63, 3.8) is 0 Å². The highest BCUT2D eigenvalue weighted by Gasteiger charge is 2.13. The number of carbonyl (C=O) groups is 1. The molecule has 0 saturated heterocycles. The molecule has 0 unspecified atom stereocenters. The molecule has 0 fully saturated rings. The summed E-state index contributed by atoms with van der Waals surface area (Å²) in [5.41, 5.74) is 5.33. The van der Waals surface area contributed by atoms with E-state index in [4.69, 9.17) is 4.98 Å². The maximum Gasteiger partial charge on any atom is 0.260 e. The van der Waals surface area contributed by atoms with E-state index in [1.54, 1.807) is 18.0 Å². The molecule has 5 nitrogen and oxygen atoms in total. The van der Waals surface area contributed by atoms with E-state index in [9.17, 15) is 4.79 Å². The fourth-order valence-corrected chi connectivity index (χ4v) is 4.30. The summed E-state index contributed by atoms with van der Waals surface area (Å²) in [5.74, 6) is 1.33. The number of para-hydroxylation sites is 2. The van der Waals surface area contributed by atoms with Gasteiger partial charge in [0.1, 0.15) is 12.4 Å². The topological polar surface area (TPSA) is 59.3 Å². The molecule has 4 rings (SSSR count). The molecule has 4 aromatic rings. The van der Waals surface area contributed by atoms with E-state index in [0.29, 0.717) is 5.75 Å². The first-order valence-corrected chi connectivity index (χ1v) is 11.2. The van der Waals surface area contributed by atoms with Crippen molar-refractivity contribution in [3.05, 3.63) is 94.7 Å². The summed E-state index contributed by atoms with van der Waals surface area (Å²) in [6.07, 6.45) is 1.63. The van der Waals surface area contributed by atoms with Crippen LogP contribution in [0.4, 0.5) is 0 Å². The average molecular weight is 479 g/mol. The van der Waals surface area contributed by atoms with Gasteiger partial charge in [0, 0.05) is 9.37 Å². The summed E-state index contributed by atoms with van der Waals surface area (Å²) in [6.45, 7) is 0.154. The lowest BCUT2D eigenvalue weighted by Gasteiger charge is -2.08. The van der Waals surface area contributed by atoms with Crippen molar-refractivity contribution in [1.29, 1.82) is 0 Å². The lowest BCUT2D eigenvalue weighted by molar-refractivity contribution is -0.121. The Morgan fingerprint density at radius 1 is 1.07 bits per heavy atom. The van der Waals surface area contributed by atoms with Gasteiger partial charge in [0.25, 0.3) is 5.91 Å². The Kier molecular flexibility index (Phi) is 6.61. The number of amides is 1. The highest BCUT2D eigenvalue weighted by molar-refractivity contribution is 9.10. The van der Waals surface area contributed by atoms with Crippen LogP contribution in [0.5, 0.6) is 0 Å². The van der Waals surface area contributed by atoms with Crippen molar-refractivity contribution in [3.8, 4) is 0 Å². The number of hydrogen-bond acceptors (Lipinski definition) is 4. The lowest BCUT2D eigenvalue weighted by atomic mass is 10.2. The number of nitrogens with one attached hydrogen (secondary N) is 1. The first-order chi connectivity index (χ1) is 14.7. The van der Waals surface area contributed by atoms with E-state index < -0.39 is 0 Å². The predicted molar refractivity (Wildman–Crippen MR) is 126 cm³/mol. The summed E-state index contributed by atoms with van der Waals surface area (Å²) in [7, 11) is 0. The number of benzene rings is 3. The van der Waals surface area contributed by atoms with Crippen molar-refractivity contribution >= 4 is 50.8 Å². The van der Waals surface area contributed by atoms with Crippen LogP contribution in [-0.4, -0.2) is 21.7 Å². The molecule has 1 aromatic heterocycles. The molecular formula is C23H19BrN4OS. The summed E-state index contributed by atoms with van der Waals surface area (Å²) in [6, 6.07) is 25.7. The quantitative estimate of drug-likeness (QED) is 0.224. The summed E-state index contributed by atoms with van der Waals surface area (Å²) < 4.78 is 2.91. The van der Waals surface area contributed by atoms with Crippen molar-refractivity contribution in [2.45, 2.75) is 17.2 Å². The second-order valence-electron chi connectivity index (χ2n) is 6.55. The molecule has 0 aliphatic rings. The zero-order chi connectivity index (χ0) is 20.8. The first kappa shape index (κ1) is 20.4.